The van der Waals surface area contributed by atoms with Crippen LogP contribution in [0.1, 0.15) is 40.7 Å². The van der Waals surface area contributed by atoms with Gasteiger partial charge in [-0.25, -0.2) is 4.79 Å². The predicted molar refractivity (Wildman–Crippen MR) is 101 cm³/mol. The number of carbonyl (C=O) groups excluding carboxylic acids is 2. The normalized spacial score (nSPS) is 12.0. The summed E-state index contributed by atoms with van der Waals surface area (Å²) in [6.45, 7) is 7.10. The Morgan fingerprint density at radius 1 is 1.22 bits per heavy atom. The third-order valence-corrected chi connectivity index (χ3v) is 4.33. The number of carbonyl (C=O) groups is 2. The molecule has 0 aliphatic rings. The maximum atomic E-state index is 12.8. The van der Waals surface area contributed by atoms with Crippen molar-refractivity contribution in [2.45, 2.75) is 40.2 Å². The van der Waals surface area contributed by atoms with Crippen molar-refractivity contribution >= 4 is 28.6 Å². The average molecular weight is 367 g/mol. The number of aryl methyl sites for hydroxylation is 3. The fourth-order valence-corrected chi connectivity index (χ4v) is 2.97. The van der Waals surface area contributed by atoms with Crippen molar-refractivity contribution in [2.75, 3.05) is 5.32 Å². The summed E-state index contributed by atoms with van der Waals surface area (Å²) in [7, 11) is 0. The van der Waals surface area contributed by atoms with E-state index < -0.39 is 18.0 Å². The lowest BCUT2D eigenvalue weighted by molar-refractivity contribution is -0.124. The largest absolute Gasteiger partial charge is 0.449 e. The lowest BCUT2D eigenvalue weighted by atomic mass is 10.0. The van der Waals surface area contributed by atoms with Crippen LogP contribution in [0.15, 0.2) is 34.9 Å². The highest BCUT2D eigenvalue weighted by atomic mass is 16.5. The van der Waals surface area contributed by atoms with Crippen molar-refractivity contribution in [3.05, 3.63) is 52.9 Å². The highest BCUT2D eigenvalue weighted by Gasteiger charge is 2.25. The van der Waals surface area contributed by atoms with Gasteiger partial charge in [-0.2, -0.15) is 0 Å². The molecular formula is C20H21N3O4. The Hall–Kier alpha value is -3.22. The van der Waals surface area contributed by atoms with Gasteiger partial charge < -0.3 is 14.6 Å². The van der Waals surface area contributed by atoms with Gasteiger partial charge in [-0.3, -0.25) is 9.78 Å². The van der Waals surface area contributed by atoms with Gasteiger partial charge in [0, 0.05) is 11.5 Å². The maximum absolute atomic E-state index is 12.8. The summed E-state index contributed by atoms with van der Waals surface area (Å²) in [5.41, 5.74) is 2.55. The first-order valence-corrected chi connectivity index (χ1v) is 8.71. The maximum Gasteiger partial charge on any atom is 0.341 e. The molecule has 1 atom stereocenters. The minimum atomic E-state index is -0.945. The molecule has 0 aliphatic heterocycles. The van der Waals surface area contributed by atoms with E-state index in [0.29, 0.717) is 23.4 Å². The third-order valence-electron chi connectivity index (χ3n) is 4.33. The summed E-state index contributed by atoms with van der Waals surface area (Å²) < 4.78 is 10.4. The molecule has 1 aromatic carbocycles. The summed E-state index contributed by atoms with van der Waals surface area (Å²) >= 11 is 0. The van der Waals surface area contributed by atoms with E-state index in [1.165, 1.54) is 0 Å². The second-order valence-electron chi connectivity index (χ2n) is 6.33. The SMILES string of the molecule is CCC(OC(=O)c1c(C)nc2ccccc2c1C)C(=O)Nc1cc(C)on1. The van der Waals surface area contributed by atoms with Crippen LogP contribution in [-0.4, -0.2) is 28.1 Å². The van der Waals surface area contributed by atoms with Crippen molar-refractivity contribution in [3.8, 4) is 0 Å². The summed E-state index contributed by atoms with van der Waals surface area (Å²) in [6, 6.07) is 9.18. The number of ether oxygens (including phenoxy) is 1. The molecule has 0 radical (unpaired) electrons. The van der Waals surface area contributed by atoms with Gasteiger partial charge in [-0.15, -0.1) is 0 Å². The van der Waals surface area contributed by atoms with Gasteiger partial charge in [0.2, 0.25) is 0 Å². The zero-order valence-corrected chi connectivity index (χ0v) is 15.7. The molecule has 1 N–H and O–H groups in total. The minimum Gasteiger partial charge on any atom is -0.449 e. The number of nitrogens with one attached hydrogen (secondary N) is 1. The summed E-state index contributed by atoms with van der Waals surface area (Å²) in [5.74, 6) is -0.166. The van der Waals surface area contributed by atoms with Crippen LogP contribution < -0.4 is 5.32 Å². The van der Waals surface area contributed by atoms with Gasteiger partial charge in [0.15, 0.2) is 11.9 Å². The molecule has 0 saturated carbocycles. The Morgan fingerprint density at radius 3 is 2.63 bits per heavy atom. The average Bonchev–Trinajstić information content (AvgIpc) is 3.04. The number of anilines is 1. The highest BCUT2D eigenvalue weighted by molar-refractivity contribution is 6.00. The van der Waals surface area contributed by atoms with Crippen LogP contribution in [0.5, 0.6) is 0 Å². The second kappa shape index (κ2) is 7.57. The van der Waals surface area contributed by atoms with Crippen LogP contribution in [0.3, 0.4) is 0 Å². The number of rotatable bonds is 5. The molecule has 1 amide bonds. The number of benzene rings is 1. The Morgan fingerprint density at radius 2 is 1.96 bits per heavy atom. The highest BCUT2D eigenvalue weighted by Crippen LogP contribution is 2.24. The van der Waals surface area contributed by atoms with Crippen molar-refractivity contribution < 1.29 is 18.8 Å². The van der Waals surface area contributed by atoms with Crippen LogP contribution in [-0.2, 0) is 9.53 Å². The molecule has 7 nitrogen and oxygen atoms in total. The molecule has 3 rings (SSSR count). The van der Waals surface area contributed by atoms with Gasteiger partial charge in [0.25, 0.3) is 5.91 Å². The molecule has 2 aromatic heterocycles. The van der Waals surface area contributed by atoms with E-state index in [9.17, 15) is 9.59 Å². The topological polar surface area (TPSA) is 94.3 Å². The molecule has 2 heterocycles. The van der Waals surface area contributed by atoms with E-state index in [2.05, 4.69) is 15.5 Å². The number of fused-ring (bicyclic) bond motifs is 1. The number of nitrogens with zero attached hydrogens (tertiary/aromatic N) is 2. The van der Waals surface area contributed by atoms with E-state index in [4.69, 9.17) is 9.26 Å². The van der Waals surface area contributed by atoms with Gasteiger partial charge >= 0.3 is 5.97 Å². The number of pyridine rings is 1. The molecule has 0 bridgehead atoms. The Balaban J connectivity index is 1.82. The van der Waals surface area contributed by atoms with Crippen molar-refractivity contribution in [3.63, 3.8) is 0 Å². The van der Waals surface area contributed by atoms with E-state index in [1.54, 1.807) is 26.8 Å². The lowest BCUT2D eigenvalue weighted by Crippen LogP contribution is -2.32. The fourth-order valence-electron chi connectivity index (χ4n) is 2.97. The molecule has 7 heteroatoms. The van der Waals surface area contributed by atoms with E-state index in [1.807, 2.05) is 31.2 Å². The standard InChI is InChI=1S/C20H21N3O4/c1-5-16(19(24)22-17-10-11(2)27-23-17)26-20(25)18-12(3)14-8-6-7-9-15(14)21-13(18)4/h6-10,16H,5H2,1-4H3,(H,22,23,24). The monoisotopic (exact) mass is 367 g/mol. The minimum absolute atomic E-state index is 0.284. The molecular weight excluding hydrogens is 346 g/mol. The summed E-state index contributed by atoms with van der Waals surface area (Å²) in [5, 5.41) is 7.19. The first-order chi connectivity index (χ1) is 12.9. The number of esters is 1. The van der Waals surface area contributed by atoms with Crippen LogP contribution in [0.25, 0.3) is 10.9 Å². The predicted octanol–water partition coefficient (Wildman–Crippen LogP) is 3.72. The van der Waals surface area contributed by atoms with E-state index >= 15 is 0 Å². The fraction of sp³-hybridized carbons (Fsp3) is 0.300. The van der Waals surface area contributed by atoms with Crippen molar-refractivity contribution in [2.24, 2.45) is 0 Å². The molecule has 1 unspecified atom stereocenters. The number of hydrogen-bond acceptors (Lipinski definition) is 6. The van der Waals surface area contributed by atoms with Crippen LogP contribution >= 0.6 is 0 Å². The second-order valence-corrected chi connectivity index (χ2v) is 6.33. The zero-order chi connectivity index (χ0) is 19.6. The number of para-hydroxylation sites is 1. The molecule has 27 heavy (non-hydrogen) atoms. The Labute approximate surface area is 156 Å². The first kappa shape index (κ1) is 18.6. The number of amides is 1. The number of hydrogen-bond donors (Lipinski definition) is 1. The van der Waals surface area contributed by atoms with Gasteiger partial charge in [-0.05, 0) is 38.8 Å². The quantitative estimate of drug-likeness (QED) is 0.691. The summed E-state index contributed by atoms with van der Waals surface area (Å²) in [6.07, 6.45) is -0.618. The molecule has 0 saturated heterocycles. The van der Waals surface area contributed by atoms with Crippen molar-refractivity contribution in [1.82, 2.24) is 10.1 Å². The smallest absolute Gasteiger partial charge is 0.341 e. The van der Waals surface area contributed by atoms with Gasteiger partial charge in [-0.1, -0.05) is 30.3 Å². The molecule has 0 aliphatic carbocycles. The van der Waals surface area contributed by atoms with E-state index in [0.717, 1.165) is 16.5 Å². The zero-order valence-electron chi connectivity index (χ0n) is 15.7. The van der Waals surface area contributed by atoms with Crippen LogP contribution in [0.2, 0.25) is 0 Å². The van der Waals surface area contributed by atoms with Crippen molar-refractivity contribution in [1.29, 1.82) is 0 Å². The molecule has 0 spiro atoms. The van der Waals surface area contributed by atoms with Gasteiger partial charge in [0.1, 0.15) is 5.76 Å². The Bertz CT molecular complexity index is 1010. The molecule has 140 valence electrons. The van der Waals surface area contributed by atoms with Crippen LogP contribution in [0.4, 0.5) is 5.82 Å². The summed E-state index contributed by atoms with van der Waals surface area (Å²) in [4.78, 5) is 29.7. The first-order valence-electron chi connectivity index (χ1n) is 8.71. The van der Waals surface area contributed by atoms with Gasteiger partial charge in [0.05, 0.1) is 16.8 Å². The third kappa shape index (κ3) is 3.81. The molecule has 3 aromatic rings. The van der Waals surface area contributed by atoms with Crippen LogP contribution in [0, 0.1) is 20.8 Å². The lowest BCUT2D eigenvalue weighted by Gasteiger charge is -2.17. The number of aromatic nitrogens is 2. The molecule has 0 fully saturated rings. The van der Waals surface area contributed by atoms with E-state index in [-0.39, 0.29) is 5.82 Å². The Kier molecular flexibility index (Phi) is 5.21.